The number of methoxy groups -OCH3 is 2. The van der Waals surface area contributed by atoms with E-state index in [9.17, 15) is 0 Å². The van der Waals surface area contributed by atoms with E-state index in [-0.39, 0.29) is 0 Å². The maximum atomic E-state index is 5.94. The van der Waals surface area contributed by atoms with Gasteiger partial charge in [0.2, 0.25) is 5.88 Å². The van der Waals surface area contributed by atoms with Crippen LogP contribution in [0.5, 0.6) is 5.88 Å². The zero-order valence-electron chi connectivity index (χ0n) is 10.1. The summed E-state index contributed by atoms with van der Waals surface area (Å²) in [7, 11) is 3.17. The minimum Gasteiger partial charge on any atom is -0.481 e. The van der Waals surface area contributed by atoms with Crippen LogP contribution in [0.3, 0.4) is 0 Å². The van der Waals surface area contributed by atoms with Gasteiger partial charge in [0.05, 0.1) is 19.4 Å². The molecule has 0 saturated carbocycles. The van der Waals surface area contributed by atoms with Gasteiger partial charge >= 0.3 is 0 Å². The highest BCUT2D eigenvalue weighted by atomic mass is 35.5. The lowest BCUT2D eigenvalue weighted by molar-refractivity contribution is 0.181. The third-order valence-corrected chi connectivity index (χ3v) is 2.44. The van der Waals surface area contributed by atoms with Crippen molar-refractivity contribution in [2.45, 2.75) is 6.61 Å². The minimum absolute atomic E-state index is 0.378. The molecule has 0 radical (unpaired) electrons. The van der Waals surface area contributed by atoms with Gasteiger partial charge in [0.1, 0.15) is 5.15 Å². The van der Waals surface area contributed by atoms with Gasteiger partial charge in [-0.05, 0) is 12.1 Å². The fourth-order valence-electron chi connectivity index (χ4n) is 1.45. The van der Waals surface area contributed by atoms with E-state index in [0.717, 1.165) is 11.3 Å². The van der Waals surface area contributed by atoms with Crippen LogP contribution in [-0.2, 0) is 11.3 Å². The Balaban J connectivity index is 2.36. The van der Waals surface area contributed by atoms with E-state index in [2.05, 4.69) is 15.0 Å². The van der Waals surface area contributed by atoms with Crippen LogP contribution in [0.4, 0.5) is 0 Å². The first-order chi connectivity index (χ1) is 8.72. The molecule has 2 heterocycles. The molecule has 0 aromatic carbocycles. The van der Waals surface area contributed by atoms with E-state index < -0.39 is 0 Å². The fraction of sp³-hybridized carbons (Fsp3) is 0.250. The van der Waals surface area contributed by atoms with Gasteiger partial charge in [-0.1, -0.05) is 11.6 Å². The molecule has 0 spiro atoms. The summed E-state index contributed by atoms with van der Waals surface area (Å²) in [5.74, 6) is 1.06. The van der Waals surface area contributed by atoms with Gasteiger partial charge in [0, 0.05) is 24.9 Å². The zero-order valence-corrected chi connectivity index (χ0v) is 10.8. The van der Waals surface area contributed by atoms with Crippen molar-refractivity contribution in [2.75, 3.05) is 14.2 Å². The highest BCUT2D eigenvalue weighted by molar-refractivity contribution is 6.29. The predicted octanol–water partition coefficient (Wildman–Crippen LogP) is 2.35. The molecule has 6 heteroatoms. The summed E-state index contributed by atoms with van der Waals surface area (Å²) in [5, 5.41) is 0.378. The molecular weight excluding hydrogens is 254 g/mol. The lowest BCUT2D eigenvalue weighted by Crippen LogP contribution is -1.98. The molecule has 2 aromatic rings. The van der Waals surface area contributed by atoms with Crippen LogP contribution in [-0.4, -0.2) is 29.2 Å². The van der Waals surface area contributed by atoms with Crippen molar-refractivity contribution in [2.24, 2.45) is 0 Å². The summed E-state index contributed by atoms with van der Waals surface area (Å²) in [6.45, 7) is 0.388. The lowest BCUT2D eigenvalue weighted by atomic mass is 10.2. The Morgan fingerprint density at radius 2 is 2.06 bits per heavy atom. The quantitative estimate of drug-likeness (QED) is 0.794. The molecule has 0 aliphatic heterocycles. The predicted molar refractivity (Wildman–Crippen MR) is 67.5 cm³/mol. The van der Waals surface area contributed by atoms with E-state index in [1.807, 2.05) is 6.07 Å². The van der Waals surface area contributed by atoms with Crippen LogP contribution in [0, 0.1) is 0 Å². The average Bonchev–Trinajstić information content (AvgIpc) is 2.38. The van der Waals surface area contributed by atoms with Gasteiger partial charge in [-0.25, -0.2) is 15.0 Å². The molecule has 0 atom stereocenters. The third kappa shape index (κ3) is 2.94. The molecule has 0 unspecified atom stereocenters. The van der Waals surface area contributed by atoms with Crippen molar-refractivity contribution in [1.29, 1.82) is 0 Å². The van der Waals surface area contributed by atoms with E-state index in [4.69, 9.17) is 21.1 Å². The van der Waals surface area contributed by atoms with Gasteiger partial charge in [-0.2, -0.15) is 0 Å². The lowest BCUT2D eigenvalue weighted by Gasteiger charge is -2.05. The molecule has 0 aliphatic rings. The summed E-state index contributed by atoms with van der Waals surface area (Å²) in [5.41, 5.74) is 1.50. The van der Waals surface area contributed by atoms with Crippen molar-refractivity contribution in [1.82, 2.24) is 15.0 Å². The van der Waals surface area contributed by atoms with E-state index in [1.165, 1.54) is 0 Å². The molecule has 2 aromatic heterocycles. The second-order valence-corrected chi connectivity index (χ2v) is 3.92. The Bertz CT molecular complexity index is 531. The van der Waals surface area contributed by atoms with Gasteiger partial charge in [0.25, 0.3) is 0 Å². The number of pyridine rings is 1. The Morgan fingerprint density at radius 1 is 1.22 bits per heavy atom. The monoisotopic (exact) mass is 265 g/mol. The summed E-state index contributed by atoms with van der Waals surface area (Å²) in [4.78, 5) is 12.6. The van der Waals surface area contributed by atoms with Crippen LogP contribution in [0.1, 0.15) is 5.69 Å². The molecule has 2 rings (SSSR count). The fourth-order valence-corrected chi connectivity index (χ4v) is 1.65. The molecule has 0 aliphatic carbocycles. The number of halogens is 1. The molecule has 0 saturated heterocycles. The third-order valence-electron chi connectivity index (χ3n) is 2.24. The first-order valence-corrected chi connectivity index (χ1v) is 5.63. The van der Waals surface area contributed by atoms with Gasteiger partial charge in [-0.3, -0.25) is 0 Å². The molecule has 0 N–H and O–H groups in total. The number of hydrogen-bond acceptors (Lipinski definition) is 5. The summed E-state index contributed by atoms with van der Waals surface area (Å²) >= 11 is 5.94. The number of nitrogens with zero attached hydrogens (tertiary/aromatic N) is 3. The Hall–Kier alpha value is -1.72. The normalized spacial score (nSPS) is 10.4. The molecular formula is C12H12ClN3O2. The minimum atomic E-state index is 0.378. The van der Waals surface area contributed by atoms with Crippen molar-refractivity contribution >= 4 is 11.6 Å². The smallest absolute Gasteiger partial charge is 0.212 e. The van der Waals surface area contributed by atoms with Crippen molar-refractivity contribution < 1.29 is 9.47 Å². The first-order valence-electron chi connectivity index (χ1n) is 5.25. The Kier molecular flexibility index (Phi) is 4.07. The van der Waals surface area contributed by atoms with Crippen LogP contribution < -0.4 is 4.74 Å². The maximum Gasteiger partial charge on any atom is 0.212 e. The standard InChI is InChI=1S/C12H12ClN3O2/c1-17-7-9-5-10(13)16-12(15-9)8-3-4-11(18-2)14-6-8/h3-6H,7H2,1-2H3. The SMILES string of the molecule is COCc1cc(Cl)nc(-c2ccc(OC)nc2)n1. The zero-order chi connectivity index (χ0) is 13.0. The molecule has 0 amide bonds. The van der Waals surface area contributed by atoms with Crippen molar-refractivity contribution in [3.8, 4) is 17.3 Å². The summed E-state index contributed by atoms with van der Waals surface area (Å²) < 4.78 is 10.0. The van der Waals surface area contributed by atoms with Crippen LogP contribution in [0.2, 0.25) is 5.15 Å². The molecule has 18 heavy (non-hydrogen) atoms. The van der Waals surface area contributed by atoms with Crippen LogP contribution in [0.15, 0.2) is 24.4 Å². The van der Waals surface area contributed by atoms with E-state index >= 15 is 0 Å². The van der Waals surface area contributed by atoms with Gasteiger partial charge in [-0.15, -0.1) is 0 Å². The highest BCUT2D eigenvalue weighted by Crippen LogP contribution is 2.19. The summed E-state index contributed by atoms with van der Waals surface area (Å²) in [6.07, 6.45) is 1.64. The number of rotatable bonds is 4. The number of aromatic nitrogens is 3. The van der Waals surface area contributed by atoms with Gasteiger partial charge < -0.3 is 9.47 Å². The van der Waals surface area contributed by atoms with Gasteiger partial charge in [0.15, 0.2) is 5.82 Å². The van der Waals surface area contributed by atoms with Crippen LogP contribution in [0.25, 0.3) is 11.4 Å². The topological polar surface area (TPSA) is 57.1 Å². The number of ether oxygens (including phenoxy) is 2. The van der Waals surface area contributed by atoms with Crippen molar-refractivity contribution in [3.63, 3.8) is 0 Å². The maximum absolute atomic E-state index is 5.94. The average molecular weight is 266 g/mol. The largest absolute Gasteiger partial charge is 0.481 e. The molecule has 0 fully saturated rings. The van der Waals surface area contributed by atoms with E-state index in [0.29, 0.717) is 23.5 Å². The Morgan fingerprint density at radius 3 is 2.67 bits per heavy atom. The highest BCUT2D eigenvalue weighted by Gasteiger charge is 2.06. The molecule has 94 valence electrons. The second-order valence-electron chi connectivity index (χ2n) is 3.53. The van der Waals surface area contributed by atoms with Crippen molar-refractivity contribution in [3.05, 3.63) is 35.2 Å². The van der Waals surface area contributed by atoms with Crippen LogP contribution >= 0.6 is 11.6 Å². The molecule has 0 bridgehead atoms. The molecule has 5 nitrogen and oxygen atoms in total. The summed E-state index contributed by atoms with van der Waals surface area (Å²) in [6, 6.07) is 5.25. The second kappa shape index (κ2) is 5.75. The first kappa shape index (κ1) is 12.7. The number of hydrogen-bond donors (Lipinski definition) is 0. The van der Waals surface area contributed by atoms with E-state index in [1.54, 1.807) is 32.5 Å². The Labute approximate surface area is 110 Å².